The Balaban J connectivity index is 1.87. The van der Waals surface area contributed by atoms with E-state index in [0.29, 0.717) is 16.9 Å². The maximum Gasteiger partial charge on any atom is 0.252 e. The van der Waals surface area contributed by atoms with Crippen LogP contribution >= 0.6 is 0 Å². The van der Waals surface area contributed by atoms with Crippen LogP contribution in [0.3, 0.4) is 0 Å². The summed E-state index contributed by atoms with van der Waals surface area (Å²) in [6.07, 6.45) is 1.54. The van der Waals surface area contributed by atoms with E-state index in [1.165, 1.54) is 0 Å². The number of H-pyrrole nitrogens is 1. The van der Waals surface area contributed by atoms with Gasteiger partial charge in [0.05, 0.1) is 6.20 Å². The number of hydrogen-bond acceptors (Lipinski definition) is 3. The molecule has 132 valence electrons. The van der Waals surface area contributed by atoms with Gasteiger partial charge < -0.3 is 10.6 Å². The lowest BCUT2D eigenvalue weighted by Crippen LogP contribution is -2.37. The van der Waals surface area contributed by atoms with Gasteiger partial charge in [0.25, 0.3) is 11.8 Å². The number of amides is 2. The second kappa shape index (κ2) is 7.65. The van der Waals surface area contributed by atoms with Crippen molar-refractivity contribution in [2.45, 2.75) is 19.9 Å². The highest BCUT2D eigenvalue weighted by atomic mass is 16.2. The van der Waals surface area contributed by atoms with E-state index in [1.807, 2.05) is 50.2 Å². The summed E-state index contributed by atoms with van der Waals surface area (Å²) in [6.45, 7) is 3.80. The number of anilines is 1. The van der Waals surface area contributed by atoms with Gasteiger partial charge in [-0.2, -0.15) is 5.10 Å². The summed E-state index contributed by atoms with van der Waals surface area (Å²) in [5.41, 5.74) is 3.09. The van der Waals surface area contributed by atoms with Crippen molar-refractivity contribution in [2.24, 2.45) is 0 Å². The van der Waals surface area contributed by atoms with Gasteiger partial charge in [0, 0.05) is 11.6 Å². The van der Waals surface area contributed by atoms with Crippen LogP contribution in [0.5, 0.6) is 0 Å². The molecule has 26 heavy (non-hydrogen) atoms. The highest BCUT2D eigenvalue weighted by molar-refractivity contribution is 6.02. The van der Waals surface area contributed by atoms with Crippen LogP contribution in [-0.2, 0) is 4.79 Å². The number of aromatic nitrogens is 2. The summed E-state index contributed by atoms with van der Waals surface area (Å²) >= 11 is 0. The van der Waals surface area contributed by atoms with Crippen molar-refractivity contribution in [1.29, 1.82) is 0 Å². The molecule has 0 aliphatic heterocycles. The number of aromatic amines is 1. The molecule has 0 bridgehead atoms. The first-order valence-corrected chi connectivity index (χ1v) is 8.28. The molecule has 1 heterocycles. The van der Waals surface area contributed by atoms with Gasteiger partial charge in [-0.3, -0.25) is 14.7 Å². The maximum absolute atomic E-state index is 12.8. The fraction of sp³-hybridized carbons (Fsp3) is 0.150. The Kier molecular flexibility index (Phi) is 5.12. The molecular weight excluding hydrogens is 328 g/mol. The van der Waals surface area contributed by atoms with Crippen LogP contribution in [0.2, 0.25) is 0 Å². The standard InChI is InChI=1S/C20H20N4O2/c1-13-8-9-14(2)16(12-13)19(25)23-18(15-6-4-3-5-7-15)20(26)22-17-10-11-21-24-17/h3-12,18H,1-2H3,(H,23,25)(H2,21,22,24,26)/t18-/m1/s1. The van der Waals surface area contributed by atoms with Gasteiger partial charge in [0.2, 0.25) is 0 Å². The molecule has 0 unspecified atom stereocenters. The van der Waals surface area contributed by atoms with Gasteiger partial charge in [0.15, 0.2) is 0 Å². The highest BCUT2D eigenvalue weighted by Gasteiger charge is 2.24. The van der Waals surface area contributed by atoms with Crippen molar-refractivity contribution in [1.82, 2.24) is 15.5 Å². The van der Waals surface area contributed by atoms with Gasteiger partial charge in [-0.25, -0.2) is 0 Å². The molecule has 3 aromatic rings. The van der Waals surface area contributed by atoms with Gasteiger partial charge in [-0.05, 0) is 31.0 Å². The molecule has 0 radical (unpaired) electrons. The van der Waals surface area contributed by atoms with E-state index < -0.39 is 6.04 Å². The van der Waals surface area contributed by atoms with E-state index in [-0.39, 0.29) is 11.8 Å². The van der Waals surface area contributed by atoms with Crippen LogP contribution in [0.25, 0.3) is 0 Å². The molecule has 6 heteroatoms. The Morgan fingerprint density at radius 1 is 1.04 bits per heavy atom. The summed E-state index contributed by atoms with van der Waals surface area (Å²) in [5.74, 6) is -0.171. The van der Waals surface area contributed by atoms with Crippen molar-refractivity contribution in [2.75, 3.05) is 5.32 Å². The first-order chi connectivity index (χ1) is 12.5. The molecule has 0 aliphatic rings. The average Bonchev–Trinajstić information content (AvgIpc) is 3.15. The van der Waals surface area contributed by atoms with Crippen LogP contribution in [0.1, 0.15) is 33.1 Å². The molecule has 2 amide bonds. The zero-order valence-corrected chi connectivity index (χ0v) is 14.6. The second-order valence-corrected chi connectivity index (χ2v) is 6.10. The topological polar surface area (TPSA) is 86.9 Å². The lowest BCUT2D eigenvalue weighted by atomic mass is 10.0. The van der Waals surface area contributed by atoms with E-state index in [0.717, 1.165) is 11.1 Å². The van der Waals surface area contributed by atoms with E-state index >= 15 is 0 Å². The second-order valence-electron chi connectivity index (χ2n) is 6.10. The number of carbonyl (C=O) groups excluding carboxylic acids is 2. The zero-order valence-electron chi connectivity index (χ0n) is 14.6. The minimum Gasteiger partial charge on any atom is -0.336 e. The van der Waals surface area contributed by atoms with Crippen molar-refractivity contribution in [3.8, 4) is 0 Å². The first-order valence-electron chi connectivity index (χ1n) is 8.28. The molecule has 3 rings (SSSR count). The molecular formula is C20H20N4O2. The number of nitrogens with one attached hydrogen (secondary N) is 3. The first kappa shape index (κ1) is 17.4. The molecule has 0 aliphatic carbocycles. The van der Waals surface area contributed by atoms with Crippen LogP contribution in [0.4, 0.5) is 5.82 Å². The molecule has 1 atom stereocenters. The van der Waals surface area contributed by atoms with Crippen molar-refractivity contribution < 1.29 is 9.59 Å². The number of rotatable bonds is 5. The Labute approximate surface area is 151 Å². The van der Waals surface area contributed by atoms with E-state index in [1.54, 1.807) is 24.4 Å². The van der Waals surface area contributed by atoms with Crippen LogP contribution in [0.15, 0.2) is 60.8 Å². The summed E-state index contributed by atoms with van der Waals surface area (Å²) in [5, 5.41) is 12.1. The predicted molar refractivity (Wildman–Crippen MR) is 99.8 cm³/mol. The van der Waals surface area contributed by atoms with Gasteiger partial charge in [0.1, 0.15) is 11.9 Å². The Morgan fingerprint density at radius 2 is 1.81 bits per heavy atom. The lowest BCUT2D eigenvalue weighted by Gasteiger charge is -2.19. The summed E-state index contributed by atoms with van der Waals surface area (Å²) in [6, 6.07) is 15.6. The molecule has 3 N–H and O–H groups in total. The molecule has 0 saturated heterocycles. The Morgan fingerprint density at radius 3 is 2.50 bits per heavy atom. The summed E-state index contributed by atoms with van der Waals surface area (Å²) in [7, 11) is 0. The smallest absolute Gasteiger partial charge is 0.252 e. The normalized spacial score (nSPS) is 11.6. The van der Waals surface area contributed by atoms with Gasteiger partial charge in [-0.15, -0.1) is 0 Å². The monoisotopic (exact) mass is 348 g/mol. The molecule has 0 fully saturated rings. The molecule has 1 aromatic heterocycles. The summed E-state index contributed by atoms with van der Waals surface area (Å²) < 4.78 is 0. The SMILES string of the molecule is Cc1ccc(C)c(C(=O)N[C@@H](C(=O)Nc2ccn[nH]2)c2ccccc2)c1. The molecule has 0 saturated carbocycles. The summed E-state index contributed by atoms with van der Waals surface area (Å²) in [4.78, 5) is 25.6. The van der Waals surface area contributed by atoms with E-state index in [9.17, 15) is 9.59 Å². The Bertz CT molecular complexity index is 905. The highest BCUT2D eigenvalue weighted by Crippen LogP contribution is 2.18. The molecule has 6 nitrogen and oxygen atoms in total. The lowest BCUT2D eigenvalue weighted by molar-refractivity contribution is -0.118. The van der Waals surface area contributed by atoms with Crippen LogP contribution in [-0.4, -0.2) is 22.0 Å². The minimum atomic E-state index is -0.827. The predicted octanol–water partition coefficient (Wildman–Crippen LogP) is 3.14. The number of nitrogens with zero attached hydrogens (tertiary/aromatic N) is 1. The molecule has 0 spiro atoms. The average molecular weight is 348 g/mol. The zero-order chi connectivity index (χ0) is 18.5. The number of carbonyl (C=O) groups is 2. The van der Waals surface area contributed by atoms with Gasteiger partial charge >= 0.3 is 0 Å². The van der Waals surface area contributed by atoms with Crippen molar-refractivity contribution in [3.63, 3.8) is 0 Å². The van der Waals surface area contributed by atoms with Crippen molar-refractivity contribution >= 4 is 17.6 Å². The fourth-order valence-corrected chi connectivity index (χ4v) is 2.67. The third-order valence-corrected chi connectivity index (χ3v) is 4.07. The number of hydrogen-bond donors (Lipinski definition) is 3. The number of benzene rings is 2. The fourth-order valence-electron chi connectivity index (χ4n) is 2.67. The Hall–Kier alpha value is -3.41. The third kappa shape index (κ3) is 3.97. The maximum atomic E-state index is 12.8. The quantitative estimate of drug-likeness (QED) is 0.662. The third-order valence-electron chi connectivity index (χ3n) is 4.07. The van der Waals surface area contributed by atoms with Crippen LogP contribution < -0.4 is 10.6 Å². The van der Waals surface area contributed by atoms with Gasteiger partial charge in [-0.1, -0.05) is 48.0 Å². The molecule has 2 aromatic carbocycles. The number of aryl methyl sites for hydroxylation is 2. The largest absolute Gasteiger partial charge is 0.336 e. The van der Waals surface area contributed by atoms with Crippen molar-refractivity contribution in [3.05, 3.63) is 83.0 Å². The minimum absolute atomic E-state index is 0.292. The van der Waals surface area contributed by atoms with Crippen LogP contribution in [0, 0.1) is 13.8 Å². The van der Waals surface area contributed by atoms with E-state index in [2.05, 4.69) is 20.8 Å². The van der Waals surface area contributed by atoms with E-state index in [4.69, 9.17) is 0 Å².